The van der Waals surface area contributed by atoms with Crippen LogP contribution in [0, 0.1) is 17.5 Å². The summed E-state index contributed by atoms with van der Waals surface area (Å²) in [6, 6.07) is 1.48. The molecule has 0 aliphatic carbocycles. The van der Waals surface area contributed by atoms with Crippen molar-refractivity contribution in [3.63, 3.8) is 0 Å². The number of hydrogen-bond acceptors (Lipinski definition) is 2. The highest BCUT2D eigenvalue weighted by Gasteiger charge is 2.19. The molecule has 0 radical (unpaired) electrons. The molecule has 146 valence electrons. The minimum atomic E-state index is -0.869. The van der Waals surface area contributed by atoms with Crippen LogP contribution in [0.4, 0.5) is 13.2 Å². The van der Waals surface area contributed by atoms with E-state index in [1.807, 2.05) is 13.8 Å². The summed E-state index contributed by atoms with van der Waals surface area (Å²) in [4.78, 5) is 0. The fraction of sp³-hybridized carbons (Fsp3) is 0.684. The number of hydrogen-bond donors (Lipinski definition) is 0. The second-order valence-electron chi connectivity index (χ2n) is 7.10. The van der Waals surface area contributed by atoms with Gasteiger partial charge in [0.05, 0.1) is 11.7 Å². The highest BCUT2D eigenvalue weighted by atomic mass is 28.2. The van der Waals surface area contributed by atoms with E-state index in [1.54, 1.807) is 7.11 Å². The maximum atomic E-state index is 13.5. The lowest BCUT2D eigenvalue weighted by molar-refractivity contribution is -0.0615. The Balaban J connectivity index is 0.00000178. The fourth-order valence-electron chi connectivity index (χ4n) is 2.71. The van der Waals surface area contributed by atoms with Crippen LogP contribution in [0.15, 0.2) is 12.1 Å². The van der Waals surface area contributed by atoms with Crippen molar-refractivity contribution in [3.05, 3.63) is 35.1 Å². The first-order valence-corrected chi connectivity index (χ1v) is 9.66. The number of benzene rings is 1. The molecule has 6 heteroatoms. The molecule has 0 heterocycles. The van der Waals surface area contributed by atoms with Gasteiger partial charge >= 0.3 is 0 Å². The molecule has 0 fully saturated rings. The first kappa shape index (κ1) is 24.1. The van der Waals surface area contributed by atoms with Crippen LogP contribution in [0.3, 0.4) is 0 Å². The molecule has 0 saturated heterocycles. The molecule has 1 aromatic rings. The van der Waals surface area contributed by atoms with E-state index < -0.39 is 17.5 Å². The first-order valence-electron chi connectivity index (χ1n) is 8.84. The average Bonchev–Trinajstić information content (AvgIpc) is 2.44. The molecule has 0 aliphatic rings. The summed E-state index contributed by atoms with van der Waals surface area (Å²) in [5.41, 5.74) is -0.145. The third-order valence-corrected chi connectivity index (χ3v) is 3.62. The molecule has 2 nitrogen and oxygen atoms in total. The van der Waals surface area contributed by atoms with E-state index in [1.165, 1.54) is 0 Å². The van der Waals surface area contributed by atoms with E-state index in [4.69, 9.17) is 4.74 Å². The van der Waals surface area contributed by atoms with E-state index in [2.05, 4.69) is 18.3 Å². The molecule has 0 bridgehead atoms. The van der Waals surface area contributed by atoms with Gasteiger partial charge in [-0.2, -0.15) is 0 Å². The summed E-state index contributed by atoms with van der Waals surface area (Å²) in [6.45, 7) is 8.20. The lowest BCUT2D eigenvalue weighted by Gasteiger charge is -2.27. The molecule has 0 atom stereocenters. The van der Waals surface area contributed by atoms with Crippen LogP contribution in [-0.4, -0.2) is 29.3 Å². The average molecular weight is 379 g/mol. The van der Waals surface area contributed by atoms with Crippen LogP contribution < -0.4 is 0 Å². The normalized spacial score (nSPS) is 11.6. The minimum absolute atomic E-state index is 0.00938. The molecule has 1 aromatic carbocycles. The van der Waals surface area contributed by atoms with Gasteiger partial charge in [0.2, 0.25) is 0 Å². The second-order valence-corrected chi connectivity index (χ2v) is 7.91. The van der Waals surface area contributed by atoms with Crippen molar-refractivity contribution in [1.29, 1.82) is 0 Å². The second kappa shape index (κ2) is 12.5. The standard InChI is InChI=1S/C18H27F3O.CH6OSi/c1-13(2)22-18(3,4)10-8-6-5-7-9-15-16(20)11-14(19)12-17(15)21;1-2-3/h11-13H,5-10H2,1-4H3;1,3H3. The Bertz CT molecular complexity index is 471. The molecule has 0 aliphatic heterocycles. The Labute approximate surface area is 153 Å². The topological polar surface area (TPSA) is 18.5 Å². The summed E-state index contributed by atoms with van der Waals surface area (Å²) >= 11 is 0. The van der Waals surface area contributed by atoms with Gasteiger partial charge in [-0.05, 0) is 47.0 Å². The largest absolute Gasteiger partial charge is 0.431 e. The van der Waals surface area contributed by atoms with Crippen LogP contribution in [-0.2, 0) is 15.6 Å². The molecule has 0 N–H and O–H groups in total. The van der Waals surface area contributed by atoms with Gasteiger partial charge < -0.3 is 9.16 Å². The third kappa shape index (κ3) is 11.4. The maximum absolute atomic E-state index is 13.5. The lowest BCUT2D eigenvalue weighted by atomic mass is 9.98. The molecule has 1 rings (SSSR count). The van der Waals surface area contributed by atoms with Gasteiger partial charge in [-0.1, -0.05) is 19.3 Å². The quantitative estimate of drug-likeness (QED) is 0.457. The van der Waals surface area contributed by atoms with Crippen LogP contribution in [0.5, 0.6) is 0 Å². The zero-order chi connectivity index (χ0) is 19.5. The van der Waals surface area contributed by atoms with Crippen LogP contribution >= 0.6 is 0 Å². The summed E-state index contributed by atoms with van der Waals surface area (Å²) in [5.74, 6) is -2.45. The monoisotopic (exact) mass is 378 g/mol. The van der Waals surface area contributed by atoms with Gasteiger partial charge in [0.25, 0.3) is 0 Å². The van der Waals surface area contributed by atoms with Crippen molar-refractivity contribution >= 4 is 10.5 Å². The van der Waals surface area contributed by atoms with Crippen molar-refractivity contribution in [3.8, 4) is 0 Å². The molecule has 0 unspecified atom stereocenters. The molecule has 0 amide bonds. The van der Waals surface area contributed by atoms with E-state index in [9.17, 15) is 13.2 Å². The number of ether oxygens (including phenoxy) is 1. The van der Waals surface area contributed by atoms with E-state index in [0.717, 1.165) is 48.3 Å². The molecule has 25 heavy (non-hydrogen) atoms. The molecule has 0 saturated carbocycles. The Morgan fingerprint density at radius 1 is 1.00 bits per heavy atom. The highest BCUT2D eigenvalue weighted by molar-refractivity contribution is 5.97. The third-order valence-electron chi connectivity index (χ3n) is 3.62. The fourth-order valence-corrected chi connectivity index (χ4v) is 2.71. The molecular weight excluding hydrogens is 345 g/mol. The summed E-state index contributed by atoms with van der Waals surface area (Å²) < 4.78 is 50.0. The van der Waals surface area contributed by atoms with E-state index >= 15 is 0 Å². The summed E-state index contributed by atoms with van der Waals surface area (Å²) in [5, 5.41) is 0. The van der Waals surface area contributed by atoms with Gasteiger partial charge in [-0.3, -0.25) is 0 Å². The van der Waals surface area contributed by atoms with Crippen LogP contribution in [0.1, 0.15) is 65.4 Å². The van der Waals surface area contributed by atoms with Gasteiger partial charge in [0.15, 0.2) is 0 Å². The Kier molecular flexibility index (Phi) is 12.1. The number of rotatable bonds is 9. The van der Waals surface area contributed by atoms with Crippen molar-refractivity contribution < 1.29 is 22.3 Å². The zero-order valence-electron chi connectivity index (χ0n) is 16.4. The van der Waals surface area contributed by atoms with E-state index in [-0.39, 0.29) is 17.3 Å². The lowest BCUT2D eigenvalue weighted by Crippen LogP contribution is -2.27. The van der Waals surface area contributed by atoms with Gasteiger partial charge in [0, 0.05) is 24.8 Å². The summed E-state index contributed by atoms with van der Waals surface area (Å²) in [6.07, 6.45) is 5.09. The molecular formula is C19H33F3O2Si. The van der Waals surface area contributed by atoms with E-state index in [0.29, 0.717) is 12.8 Å². The highest BCUT2D eigenvalue weighted by Crippen LogP contribution is 2.22. The van der Waals surface area contributed by atoms with Crippen molar-refractivity contribution in [2.24, 2.45) is 0 Å². The number of halogens is 3. The zero-order valence-corrected chi connectivity index (χ0v) is 18.4. The predicted molar refractivity (Wildman–Crippen MR) is 100 cm³/mol. The maximum Gasteiger partial charge on any atom is 0.145 e. The molecule has 0 aromatic heterocycles. The Morgan fingerprint density at radius 2 is 1.48 bits per heavy atom. The van der Waals surface area contributed by atoms with Crippen LogP contribution in [0.2, 0.25) is 0 Å². The van der Waals surface area contributed by atoms with Gasteiger partial charge in [0.1, 0.15) is 27.9 Å². The van der Waals surface area contributed by atoms with Gasteiger partial charge in [-0.25, -0.2) is 13.2 Å². The first-order chi connectivity index (χ1) is 11.6. The van der Waals surface area contributed by atoms with Crippen LogP contribution in [0.25, 0.3) is 0 Å². The van der Waals surface area contributed by atoms with Crippen molar-refractivity contribution in [2.45, 2.75) is 77.9 Å². The van der Waals surface area contributed by atoms with Crippen molar-refractivity contribution in [1.82, 2.24) is 0 Å². The minimum Gasteiger partial charge on any atom is -0.431 e. The Hall–Kier alpha value is -0.853. The number of unbranched alkanes of at least 4 members (excludes halogenated alkanes) is 3. The van der Waals surface area contributed by atoms with Crippen molar-refractivity contribution in [2.75, 3.05) is 7.11 Å². The smallest absolute Gasteiger partial charge is 0.145 e. The summed E-state index contributed by atoms with van der Waals surface area (Å²) in [7, 11) is 2.56. The predicted octanol–water partition coefficient (Wildman–Crippen LogP) is 4.71. The SMILES string of the molecule is CC(C)OC(C)(C)CCCCCCc1c(F)cc(F)cc1F.CO[SiH3]. The Morgan fingerprint density at radius 3 is 1.96 bits per heavy atom. The van der Waals surface area contributed by atoms with Gasteiger partial charge in [-0.15, -0.1) is 0 Å². The molecule has 0 spiro atoms.